The molecule has 0 bridgehead atoms. The fourth-order valence-corrected chi connectivity index (χ4v) is 4.29. The van der Waals surface area contributed by atoms with Crippen molar-refractivity contribution in [3.8, 4) is 0 Å². The summed E-state index contributed by atoms with van der Waals surface area (Å²) in [6.45, 7) is 2.25. The number of ether oxygens (including phenoxy) is 1. The predicted molar refractivity (Wildman–Crippen MR) is 119 cm³/mol. The van der Waals surface area contributed by atoms with Crippen LogP contribution >= 0.6 is 0 Å². The average molecular weight is 461 g/mol. The van der Waals surface area contributed by atoms with Crippen LogP contribution in [0.15, 0.2) is 54.6 Å². The molecule has 1 saturated heterocycles. The first-order chi connectivity index (χ1) is 15.3. The third-order valence-corrected chi connectivity index (χ3v) is 6.06. The lowest BCUT2D eigenvalue weighted by molar-refractivity contribution is 0.107. The summed E-state index contributed by atoms with van der Waals surface area (Å²) in [6, 6.07) is 14.9. The van der Waals surface area contributed by atoms with Crippen LogP contribution in [0.3, 0.4) is 0 Å². The summed E-state index contributed by atoms with van der Waals surface area (Å²) in [4.78, 5) is 15.7. The highest BCUT2D eigenvalue weighted by molar-refractivity contribution is 7.85. The lowest BCUT2D eigenvalue weighted by Gasteiger charge is -2.27. The van der Waals surface area contributed by atoms with Gasteiger partial charge in [-0.3, -0.25) is 14.0 Å². The van der Waals surface area contributed by atoms with E-state index in [-0.39, 0.29) is 13.2 Å². The molecule has 2 heterocycles. The monoisotopic (exact) mass is 460 g/mol. The van der Waals surface area contributed by atoms with Gasteiger partial charge >= 0.3 is 6.09 Å². The molecule has 32 heavy (non-hydrogen) atoms. The van der Waals surface area contributed by atoms with Crippen LogP contribution in [0.2, 0.25) is 0 Å². The van der Waals surface area contributed by atoms with E-state index in [2.05, 4.69) is 17.0 Å². The molecule has 1 amide bonds. The van der Waals surface area contributed by atoms with Crippen LogP contribution in [-0.2, 0) is 25.6 Å². The number of nitrogens with zero attached hydrogens (tertiary/aromatic N) is 2. The van der Waals surface area contributed by atoms with Gasteiger partial charge in [-0.15, -0.1) is 0 Å². The normalized spacial score (nSPS) is 19.7. The first kappa shape index (κ1) is 22.4. The van der Waals surface area contributed by atoms with Gasteiger partial charge in [0.1, 0.15) is 18.5 Å². The Morgan fingerprint density at radius 3 is 2.62 bits per heavy atom. The van der Waals surface area contributed by atoms with Gasteiger partial charge < -0.3 is 4.74 Å². The van der Waals surface area contributed by atoms with Crippen LogP contribution < -0.4 is 4.90 Å². The number of rotatable bonds is 7. The highest BCUT2D eigenvalue weighted by Gasteiger charge is 2.33. The van der Waals surface area contributed by atoms with Crippen molar-refractivity contribution in [3.63, 3.8) is 0 Å². The van der Waals surface area contributed by atoms with Gasteiger partial charge in [-0.1, -0.05) is 36.4 Å². The van der Waals surface area contributed by atoms with Crippen LogP contribution in [-0.4, -0.2) is 58.0 Å². The molecule has 0 saturated carbocycles. The first-order valence-electron chi connectivity index (χ1n) is 10.4. The Bertz CT molecular complexity index is 1120. The van der Waals surface area contributed by atoms with E-state index in [0.717, 1.165) is 37.9 Å². The number of benzene rings is 2. The molecule has 0 aromatic heterocycles. The van der Waals surface area contributed by atoms with Gasteiger partial charge in [0, 0.05) is 25.2 Å². The molecule has 0 spiro atoms. The lowest BCUT2D eigenvalue weighted by atomic mass is 9.98. The highest BCUT2D eigenvalue weighted by atomic mass is 32.2. The number of amides is 1. The van der Waals surface area contributed by atoms with Crippen molar-refractivity contribution in [1.82, 2.24) is 4.90 Å². The van der Waals surface area contributed by atoms with Crippen LogP contribution in [0.1, 0.15) is 17.5 Å². The molecule has 2 aromatic carbocycles. The molecule has 9 heteroatoms. The maximum atomic E-state index is 14.9. The van der Waals surface area contributed by atoms with Crippen molar-refractivity contribution in [3.05, 3.63) is 71.6 Å². The number of anilines is 1. The van der Waals surface area contributed by atoms with Crippen molar-refractivity contribution < 1.29 is 26.5 Å². The number of cyclic esters (lactones) is 1. The van der Waals surface area contributed by atoms with E-state index in [1.807, 2.05) is 24.3 Å². The molecule has 1 atom stereocenters. The average Bonchev–Trinajstić information content (AvgIpc) is 3.14. The molecule has 0 radical (unpaired) electrons. The zero-order valence-electron chi connectivity index (χ0n) is 17.7. The van der Waals surface area contributed by atoms with Gasteiger partial charge in [0.25, 0.3) is 10.1 Å². The molecule has 7 nitrogen and oxygen atoms in total. The maximum Gasteiger partial charge on any atom is 0.414 e. The van der Waals surface area contributed by atoms with Crippen molar-refractivity contribution in [2.45, 2.75) is 19.1 Å². The summed E-state index contributed by atoms with van der Waals surface area (Å²) >= 11 is 0. The van der Waals surface area contributed by atoms with E-state index in [1.165, 1.54) is 16.5 Å². The molecule has 0 unspecified atom stereocenters. The van der Waals surface area contributed by atoms with Gasteiger partial charge in [0.15, 0.2) is 0 Å². The van der Waals surface area contributed by atoms with Crippen LogP contribution in [0.4, 0.5) is 14.9 Å². The Labute approximate surface area is 187 Å². The molecule has 0 aliphatic carbocycles. The summed E-state index contributed by atoms with van der Waals surface area (Å²) in [5.41, 5.74) is 3.08. The van der Waals surface area contributed by atoms with E-state index < -0.39 is 28.1 Å². The van der Waals surface area contributed by atoms with Crippen molar-refractivity contribution in [2.75, 3.05) is 37.4 Å². The van der Waals surface area contributed by atoms with Gasteiger partial charge in [-0.05, 0) is 35.8 Å². The van der Waals surface area contributed by atoms with E-state index in [9.17, 15) is 17.6 Å². The molecule has 2 aromatic rings. The van der Waals surface area contributed by atoms with E-state index in [1.54, 1.807) is 12.1 Å². The molecule has 2 aliphatic rings. The molecule has 170 valence electrons. The minimum Gasteiger partial charge on any atom is -0.441 e. The minimum atomic E-state index is -3.64. The summed E-state index contributed by atoms with van der Waals surface area (Å²) in [5, 5.41) is 0. The van der Waals surface area contributed by atoms with Crippen LogP contribution in [0.5, 0.6) is 0 Å². The molecule has 1 fully saturated rings. The molecular weight excluding hydrogens is 435 g/mol. The number of carbonyl (C=O) groups excluding carboxylic acids is 1. The van der Waals surface area contributed by atoms with Gasteiger partial charge in [0.2, 0.25) is 0 Å². The summed E-state index contributed by atoms with van der Waals surface area (Å²) < 4.78 is 47.0. The quantitative estimate of drug-likeness (QED) is 0.590. The fraction of sp³-hybridized carbons (Fsp3) is 0.348. The highest BCUT2D eigenvalue weighted by Crippen LogP contribution is 2.30. The summed E-state index contributed by atoms with van der Waals surface area (Å²) in [6.07, 6.45) is 2.31. The van der Waals surface area contributed by atoms with Crippen LogP contribution in [0.25, 0.3) is 5.57 Å². The Morgan fingerprint density at radius 1 is 1.19 bits per heavy atom. The van der Waals surface area contributed by atoms with Crippen LogP contribution in [0, 0.1) is 5.82 Å². The second kappa shape index (κ2) is 9.40. The first-order valence-corrected chi connectivity index (χ1v) is 12.2. The SMILES string of the molecule is CS(=O)(=O)OC[C@@H]1CN(c2ccc(C3=CCN(Cc4ccccc4)CC3)c(F)c2)C(=O)O1. The predicted octanol–water partition coefficient (Wildman–Crippen LogP) is 3.42. The summed E-state index contributed by atoms with van der Waals surface area (Å²) in [5.74, 6) is -0.408. The Kier molecular flexibility index (Phi) is 6.59. The molecule has 4 rings (SSSR count). The zero-order chi connectivity index (χ0) is 22.7. The van der Waals surface area contributed by atoms with Gasteiger partial charge in [-0.2, -0.15) is 8.42 Å². The van der Waals surface area contributed by atoms with Crippen molar-refractivity contribution in [2.24, 2.45) is 0 Å². The van der Waals surface area contributed by atoms with Gasteiger partial charge in [0.05, 0.1) is 18.5 Å². The largest absolute Gasteiger partial charge is 0.441 e. The van der Waals surface area contributed by atoms with Crippen molar-refractivity contribution in [1.29, 1.82) is 0 Å². The van der Waals surface area contributed by atoms with Crippen molar-refractivity contribution >= 4 is 27.5 Å². The van der Waals surface area contributed by atoms with E-state index in [0.29, 0.717) is 11.3 Å². The second-order valence-electron chi connectivity index (χ2n) is 7.97. The number of hydrogen-bond donors (Lipinski definition) is 0. The zero-order valence-corrected chi connectivity index (χ0v) is 18.6. The second-order valence-corrected chi connectivity index (χ2v) is 9.61. The third-order valence-electron chi connectivity index (χ3n) is 5.49. The lowest BCUT2D eigenvalue weighted by Crippen LogP contribution is -2.28. The molecular formula is C23H25FN2O5S. The van der Waals surface area contributed by atoms with E-state index in [4.69, 9.17) is 8.92 Å². The number of hydrogen-bond acceptors (Lipinski definition) is 6. The Morgan fingerprint density at radius 2 is 1.97 bits per heavy atom. The standard InChI is InChI=1S/C23H25FN2O5S/c1-32(28,29)30-16-20-15-26(23(27)31-20)19-7-8-21(22(24)13-19)18-9-11-25(12-10-18)14-17-5-3-2-4-6-17/h2-9,13,20H,10-12,14-16H2,1H3/t20-/m0/s1. The minimum absolute atomic E-state index is 0.0876. The Balaban J connectivity index is 1.40. The molecule has 0 N–H and O–H groups in total. The third kappa shape index (κ3) is 5.53. The Hall–Kier alpha value is -2.75. The van der Waals surface area contributed by atoms with Gasteiger partial charge in [-0.25, -0.2) is 9.18 Å². The number of halogens is 1. The topological polar surface area (TPSA) is 76.2 Å². The summed E-state index contributed by atoms with van der Waals surface area (Å²) in [7, 11) is -3.64. The maximum absolute atomic E-state index is 14.9. The molecule has 2 aliphatic heterocycles. The smallest absolute Gasteiger partial charge is 0.414 e. The fourth-order valence-electron chi connectivity index (χ4n) is 3.89. The number of carbonyl (C=O) groups is 1. The van der Waals surface area contributed by atoms with E-state index >= 15 is 0 Å².